The predicted molar refractivity (Wildman–Crippen MR) is 104 cm³/mol. The van der Waals surface area contributed by atoms with Gasteiger partial charge < -0.3 is 19.5 Å². The molecule has 2 aromatic rings. The standard InChI is InChI=1S/C20H24ClNO4/c1-12(2)15-10-18(13(3)8-16(15)21)26-11-20(23)22-17-7-6-14(24-4)9-19(17)25-5/h6-10,12H,11H2,1-5H3,(H,22,23). The minimum atomic E-state index is -0.283. The van der Waals surface area contributed by atoms with Crippen LogP contribution in [0.2, 0.25) is 5.02 Å². The first-order chi connectivity index (χ1) is 12.3. The molecule has 0 radical (unpaired) electrons. The second-order valence-electron chi connectivity index (χ2n) is 6.20. The summed E-state index contributed by atoms with van der Waals surface area (Å²) >= 11 is 6.27. The monoisotopic (exact) mass is 377 g/mol. The fourth-order valence-electron chi connectivity index (χ4n) is 2.50. The average molecular weight is 378 g/mol. The molecule has 0 aliphatic heterocycles. The highest BCUT2D eigenvalue weighted by Crippen LogP contribution is 2.32. The van der Waals surface area contributed by atoms with Crippen molar-refractivity contribution in [1.82, 2.24) is 0 Å². The molecule has 1 amide bonds. The smallest absolute Gasteiger partial charge is 0.262 e. The van der Waals surface area contributed by atoms with E-state index in [1.54, 1.807) is 25.3 Å². The molecule has 0 saturated heterocycles. The maximum absolute atomic E-state index is 12.3. The van der Waals surface area contributed by atoms with Crippen LogP contribution in [0.4, 0.5) is 5.69 Å². The Hall–Kier alpha value is -2.40. The van der Waals surface area contributed by atoms with Crippen LogP contribution in [0.25, 0.3) is 0 Å². The third kappa shape index (κ3) is 4.82. The Morgan fingerprint density at radius 1 is 1.12 bits per heavy atom. The fourth-order valence-corrected chi connectivity index (χ4v) is 2.93. The number of carbonyl (C=O) groups is 1. The van der Waals surface area contributed by atoms with Crippen LogP contribution < -0.4 is 19.5 Å². The number of halogens is 1. The van der Waals surface area contributed by atoms with Crippen LogP contribution in [0, 0.1) is 6.92 Å². The van der Waals surface area contributed by atoms with E-state index in [-0.39, 0.29) is 18.4 Å². The van der Waals surface area contributed by atoms with Gasteiger partial charge in [0.15, 0.2) is 6.61 Å². The lowest BCUT2D eigenvalue weighted by atomic mass is 10.0. The molecular weight excluding hydrogens is 354 g/mol. The Morgan fingerprint density at radius 2 is 1.85 bits per heavy atom. The van der Waals surface area contributed by atoms with E-state index in [4.69, 9.17) is 25.8 Å². The molecule has 26 heavy (non-hydrogen) atoms. The topological polar surface area (TPSA) is 56.8 Å². The van der Waals surface area contributed by atoms with Gasteiger partial charge in [-0.3, -0.25) is 4.79 Å². The molecule has 140 valence electrons. The molecule has 0 fully saturated rings. The second-order valence-corrected chi connectivity index (χ2v) is 6.60. The first-order valence-electron chi connectivity index (χ1n) is 8.30. The zero-order valence-corrected chi connectivity index (χ0v) is 16.4. The summed E-state index contributed by atoms with van der Waals surface area (Å²) in [4.78, 5) is 12.3. The number of aryl methyl sites for hydroxylation is 1. The first-order valence-corrected chi connectivity index (χ1v) is 8.68. The minimum absolute atomic E-state index is 0.116. The highest BCUT2D eigenvalue weighted by Gasteiger charge is 2.13. The third-order valence-electron chi connectivity index (χ3n) is 3.96. The van der Waals surface area contributed by atoms with Crippen LogP contribution in [0.15, 0.2) is 30.3 Å². The Kier molecular flexibility index (Phi) is 6.75. The van der Waals surface area contributed by atoms with Gasteiger partial charge in [-0.1, -0.05) is 25.4 Å². The van der Waals surface area contributed by atoms with E-state index in [0.717, 1.165) is 11.1 Å². The quantitative estimate of drug-likeness (QED) is 0.752. The molecule has 5 nitrogen and oxygen atoms in total. The van der Waals surface area contributed by atoms with Gasteiger partial charge in [-0.2, -0.15) is 0 Å². The molecular formula is C20H24ClNO4. The van der Waals surface area contributed by atoms with E-state index in [9.17, 15) is 4.79 Å². The summed E-state index contributed by atoms with van der Waals surface area (Å²) in [6.07, 6.45) is 0. The zero-order chi connectivity index (χ0) is 19.3. The van der Waals surface area contributed by atoms with Gasteiger partial charge in [0.1, 0.15) is 17.2 Å². The number of hydrogen-bond acceptors (Lipinski definition) is 4. The lowest BCUT2D eigenvalue weighted by Crippen LogP contribution is -2.20. The van der Waals surface area contributed by atoms with Gasteiger partial charge >= 0.3 is 0 Å². The summed E-state index contributed by atoms with van der Waals surface area (Å²) in [5.74, 6) is 1.79. The van der Waals surface area contributed by atoms with Crippen molar-refractivity contribution in [3.63, 3.8) is 0 Å². The van der Waals surface area contributed by atoms with Crippen molar-refractivity contribution >= 4 is 23.2 Å². The van der Waals surface area contributed by atoms with Crippen molar-refractivity contribution in [2.45, 2.75) is 26.7 Å². The first kappa shape index (κ1) is 19.9. The molecule has 0 heterocycles. The van der Waals surface area contributed by atoms with Crippen LogP contribution >= 0.6 is 11.6 Å². The van der Waals surface area contributed by atoms with Crippen molar-refractivity contribution in [2.24, 2.45) is 0 Å². The summed E-state index contributed by atoms with van der Waals surface area (Å²) in [6.45, 7) is 5.90. The largest absolute Gasteiger partial charge is 0.497 e. The Bertz CT molecular complexity index is 790. The van der Waals surface area contributed by atoms with Gasteiger partial charge in [0.25, 0.3) is 5.91 Å². The van der Waals surface area contributed by atoms with Crippen LogP contribution in [0.3, 0.4) is 0 Å². The van der Waals surface area contributed by atoms with Gasteiger partial charge in [-0.15, -0.1) is 0 Å². The number of ether oxygens (including phenoxy) is 3. The van der Waals surface area contributed by atoms with Gasteiger partial charge in [-0.05, 0) is 48.2 Å². The van der Waals surface area contributed by atoms with Gasteiger partial charge in [-0.25, -0.2) is 0 Å². The van der Waals surface area contributed by atoms with E-state index < -0.39 is 0 Å². The number of benzene rings is 2. The summed E-state index contributed by atoms with van der Waals surface area (Å²) in [6, 6.07) is 8.92. The Morgan fingerprint density at radius 3 is 2.46 bits per heavy atom. The summed E-state index contributed by atoms with van der Waals surface area (Å²) < 4.78 is 16.1. The number of anilines is 1. The van der Waals surface area contributed by atoms with Crippen molar-refractivity contribution in [3.05, 3.63) is 46.5 Å². The van der Waals surface area contributed by atoms with Crippen LogP contribution in [0.1, 0.15) is 30.9 Å². The van der Waals surface area contributed by atoms with Gasteiger partial charge in [0.05, 0.1) is 19.9 Å². The predicted octanol–water partition coefficient (Wildman–Crippen LogP) is 4.81. The van der Waals surface area contributed by atoms with Crippen molar-refractivity contribution in [1.29, 1.82) is 0 Å². The summed E-state index contributed by atoms with van der Waals surface area (Å²) in [7, 11) is 3.10. The lowest BCUT2D eigenvalue weighted by Gasteiger charge is -2.15. The normalized spacial score (nSPS) is 10.6. The molecule has 0 aromatic heterocycles. The molecule has 0 bridgehead atoms. The van der Waals surface area contributed by atoms with Crippen LogP contribution in [-0.4, -0.2) is 26.7 Å². The van der Waals surface area contributed by atoms with Gasteiger partial charge in [0.2, 0.25) is 0 Å². The molecule has 1 N–H and O–H groups in total. The molecule has 6 heteroatoms. The molecule has 0 saturated carbocycles. The number of amides is 1. The zero-order valence-electron chi connectivity index (χ0n) is 15.7. The van der Waals surface area contributed by atoms with Crippen molar-refractivity contribution in [2.75, 3.05) is 26.1 Å². The molecule has 0 spiro atoms. The highest BCUT2D eigenvalue weighted by molar-refractivity contribution is 6.31. The maximum Gasteiger partial charge on any atom is 0.262 e. The van der Waals surface area contributed by atoms with Crippen molar-refractivity contribution in [3.8, 4) is 17.2 Å². The SMILES string of the molecule is COc1ccc(NC(=O)COc2cc(C(C)C)c(Cl)cc2C)c(OC)c1. The van der Waals surface area contributed by atoms with E-state index in [1.165, 1.54) is 7.11 Å². The number of methoxy groups -OCH3 is 2. The molecule has 2 aromatic carbocycles. The fraction of sp³-hybridized carbons (Fsp3) is 0.350. The van der Waals surface area contributed by atoms with E-state index >= 15 is 0 Å². The third-order valence-corrected chi connectivity index (χ3v) is 4.29. The van der Waals surface area contributed by atoms with E-state index in [1.807, 2.05) is 19.1 Å². The number of hydrogen-bond donors (Lipinski definition) is 1. The molecule has 2 rings (SSSR count). The lowest BCUT2D eigenvalue weighted by molar-refractivity contribution is -0.118. The van der Waals surface area contributed by atoms with Crippen LogP contribution in [-0.2, 0) is 4.79 Å². The summed E-state index contributed by atoms with van der Waals surface area (Å²) in [5, 5.41) is 3.49. The van der Waals surface area contributed by atoms with E-state index in [2.05, 4.69) is 19.2 Å². The maximum atomic E-state index is 12.3. The van der Waals surface area contributed by atoms with Crippen molar-refractivity contribution < 1.29 is 19.0 Å². The summed E-state index contributed by atoms with van der Waals surface area (Å²) in [5.41, 5.74) is 2.43. The Labute approximate surface area is 159 Å². The average Bonchev–Trinajstić information content (AvgIpc) is 2.61. The van der Waals surface area contributed by atoms with Crippen LogP contribution in [0.5, 0.6) is 17.2 Å². The second kappa shape index (κ2) is 8.81. The molecule has 0 aliphatic carbocycles. The highest BCUT2D eigenvalue weighted by atomic mass is 35.5. The van der Waals surface area contributed by atoms with E-state index in [0.29, 0.717) is 28.0 Å². The minimum Gasteiger partial charge on any atom is -0.497 e. The molecule has 0 unspecified atom stereocenters. The molecule has 0 aliphatic rings. The number of nitrogens with one attached hydrogen (secondary N) is 1. The molecule has 0 atom stereocenters. The number of carbonyl (C=O) groups excluding carboxylic acids is 1. The Balaban J connectivity index is 2.07. The van der Waals surface area contributed by atoms with Gasteiger partial charge in [0, 0.05) is 11.1 Å². The number of rotatable bonds is 7.